The van der Waals surface area contributed by atoms with Crippen molar-refractivity contribution in [2.24, 2.45) is 0 Å². The molecule has 1 unspecified atom stereocenters. The van der Waals surface area contributed by atoms with Gasteiger partial charge in [-0.15, -0.1) is 0 Å². The summed E-state index contributed by atoms with van der Waals surface area (Å²) in [6.07, 6.45) is 0. The molecule has 4 heteroatoms. The van der Waals surface area contributed by atoms with Crippen molar-refractivity contribution in [3.63, 3.8) is 0 Å². The Morgan fingerprint density at radius 1 is 1.30 bits per heavy atom. The summed E-state index contributed by atoms with van der Waals surface area (Å²) in [5.41, 5.74) is 2.57. The van der Waals surface area contributed by atoms with Crippen LogP contribution in [0.2, 0.25) is 0 Å². The van der Waals surface area contributed by atoms with E-state index in [0.717, 1.165) is 16.9 Å². The van der Waals surface area contributed by atoms with Crippen molar-refractivity contribution in [1.82, 2.24) is 5.32 Å². The van der Waals surface area contributed by atoms with Crippen molar-refractivity contribution in [2.75, 3.05) is 6.61 Å². The van der Waals surface area contributed by atoms with Crippen LogP contribution in [-0.2, 0) is 0 Å². The van der Waals surface area contributed by atoms with Gasteiger partial charge in [-0.1, -0.05) is 23.8 Å². The molecule has 0 saturated carbocycles. The monoisotopic (exact) mass is 269 g/mol. The van der Waals surface area contributed by atoms with Gasteiger partial charge in [0.25, 0.3) is 5.91 Å². The van der Waals surface area contributed by atoms with E-state index in [9.17, 15) is 9.90 Å². The highest BCUT2D eigenvalue weighted by Crippen LogP contribution is 2.33. The minimum absolute atomic E-state index is 0.0802. The first kappa shape index (κ1) is 12.5. The first-order valence-corrected chi connectivity index (χ1v) is 6.47. The number of amides is 1. The summed E-state index contributed by atoms with van der Waals surface area (Å²) in [5.74, 6) is 0.678. The second-order valence-electron chi connectivity index (χ2n) is 4.93. The molecule has 0 aliphatic carbocycles. The SMILES string of the molecule is Cc1ccc2c(c1)C(NC(=O)c1cccc(O)c1)CO2. The van der Waals surface area contributed by atoms with Crippen LogP contribution in [0, 0.1) is 6.92 Å². The Kier molecular flexibility index (Phi) is 3.06. The molecule has 0 spiro atoms. The lowest BCUT2D eigenvalue weighted by Crippen LogP contribution is -2.29. The zero-order valence-corrected chi connectivity index (χ0v) is 11.1. The van der Waals surface area contributed by atoms with Crippen LogP contribution < -0.4 is 10.1 Å². The second kappa shape index (κ2) is 4.89. The van der Waals surface area contributed by atoms with Gasteiger partial charge in [-0.25, -0.2) is 0 Å². The van der Waals surface area contributed by atoms with E-state index in [0.29, 0.717) is 12.2 Å². The maximum atomic E-state index is 12.2. The topological polar surface area (TPSA) is 58.6 Å². The van der Waals surface area contributed by atoms with E-state index in [1.54, 1.807) is 12.1 Å². The van der Waals surface area contributed by atoms with Crippen LogP contribution in [0.5, 0.6) is 11.5 Å². The number of carbonyl (C=O) groups excluding carboxylic acids is 1. The first-order chi connectivity index (χ1) is 9.63. The first-order valence-electron chi connectivity index (χ1n) is 6.47. The fraction of sp³-hybridized carbons (Fsp3) is 0.188. The number of ether oxygens (including phenoxy) is 1. The predicted octanol–water partition coefficient (Wildman–Crippen LogP) is 2.56. The molecule has 0 saturated heterocycles. The average Bonchev–Trinajstić information content (AvgIpc) is 2.81. The molecule has 1 aliphatic rings. The average molecular weight is 269 g/mol. The molecule has 0 bridgehead atoms. The molecule has 4 nitrogen and oxygen atoms in total. The normalized spacial score (nSPS) is 16.4. The zero-order chi connectivity index (χ0) is 14.1. The molecule has 1 aliphatic heterocycles. The van der Waals surface area contributed by atoms with Gasteiger partial charge in [0.1, 0.15) is 18.1 Å². The van der Waals surface area contributed by atoms with E-state index in [2.05, 4.69) is 5.32 Å². The Labute approximate surface area is 117 Å². The molecule has 1 atom stereocenters. The Balaban J connectivity index is 1.80. The number of nitrogens with one attached hydrogen (secondary N) is 1. The van der Waals surface area contributed by atoms with Gasteiger partial charge >= 0.3 is 0 Å². The van der Waals surface area contributed by atoms with Crippen LogP contribution in [-0.4, -0.2) is 17.6 Å². The van der Waals surface area contributed by atoms with Crippen molar-refractivity contribution in [1.29, 1.82) is 0 Å². The minimum Gasteiger partial charge on any atom is -0.508 e. The number of carbonyl (C=O) groups is 1. The lowest BCUT2D eigenvalue weighted by Gasteiger charge is -2.12. The fourth-order valence-electron chi connectivity index (χ4n) is 2.34. The van der Waals surface area contributed by atoms with E-state index in [1.165, 1.54) is 12.1 Å². The molecule has 1 heterocycles. The summed E-state index contributed by atoms with van der Waals surface area (Å²) in [7, 11) is 0. The summed E-state index contributed by atoms with van der Waals surface area (Å²) >= 11 is 0. The Morgan fingerprint density at radius 3 is 2.95 bits per heavy atom. The molecule has 1 amide bonds. The van der Waals surface area contributed by atoms with E-state index in [1.807, 2.05) is 25.1 Å². The third-order valence-electron chi connectivity index (χ3n) is 3.36. The summed E-state index contributed by atoms with van der Waals surface area (Å²) in [5, 5.41) is 12.3. The summed E-state index contributed by atoms with van der Waals surface area (Å²) in [6.45, 7) is 2.44. The quantitative estimate of drug-likeness (QED) is 0.881. The Morgan fingerprint density at radius 2 is 2.15 bits per heavy atom. The largest absolute Gasteiger partial charge is 0.508 e. The van der Waals surface area contributed by atoms with Gasteiger partial charge in [-0.05, 0) is 31.2 Å². The molecule has 0 fully saturated rings. The van der Waals surface area contributed by atoms with E-state index in [4.69, 9.17) is 4.74 Å². The lowest BCUT2D eigenvalue weighted by atomic mass is 10.1. The van der Waals surface area contributed by atoms with Gasteiger partial charge < -0.3 is 15.2 Å². The summed E-state index contributed by atoms with van der Waals surface area (Å²) < 4.78 is 5.56. The van der Waals surface area contributed by atoms with Crippen molar-refractivity contribution in [2.45, 2.75) is 13.0 Å². The van der Waals surface area contributed by atoms with Crippen LogP contribution in [0.15, 0.2) is 42.5 Å². The van der Waals surface area contributed by atoms with Crippen LogP contribution in [0.3, 0.4) is 0 Å². The van der Waals surface area contributed by atoms with E-state index >= 15 is 0 Å². The molecule has 2 aromatic carbocycles. The zero-order valence-electron chi connectivity index (χ0n) is 11.1. The number of benzene rings is 2. The molecule has 2 N–H and O–H groups in total. The van der Waals surface area contributed by atoms with Gasteiger partial charge in [-0.3, -0.25) is 4.79 Å². The predicted molar refractivity (Wildman–Crippen MR) is 75.0 cm³/mol. The minimum atomic E-state index is -0.219. The molecule has 102 valence electrons. The number of aromatic hydroxyl groups is 1. The van der Waals surface area contributed by atoms with Gasteiger partial charge in [-0.2, -0.15) is 0 Å². The fourth-order valence-corrected chi connectivity index (χ4v) is 2.34. The van der Waals surface area contributed by atoms with Crippen LogP contribution in [0.25, 0.3) is 0 Å². The number of rotatable bonds is 2. The molecular weight excluding hydrogens is 254 g/mol. The highest BCUT2D eigenvalue weighted by molar-refractivity contribution is 5.94. The maximum absolute atomic E-state index is 12.2. The van der Waals surface area contributed by atoms with Crippen LogP contribution >= 0.6 is 0 Å². The number of phenols is 1. The standard InChI is InChI=1S/C16H15NO3/c1-10-5-6-15-13(7-10)14(9-20-15)17-16(19)11-3-2-4-12(18)8-11/h2-8,14,18H,9H2,1H3,(H,17,19). The molecule has 2 aromatic rings. The highest BCUT2D eigenvalue weighted by atomic mass is 16.5. The van der Waals surface area contributed by atoms with Gasteiger partial charge in [0, 0.05) is 11.1 Å². The van der Waals surface area contributed by atoms with E-state index < -0.39 is 0 Å². The Bertz CT molecular complexity index is 667. The third kappa shape index (κ3) is 2.32. The molecule has 0 radical (unpaired) electrons. The smallest absolute Gasteiger partial charge is 0.252 e. The summed E-state index contributed by atoms with van der Waals surface area (Å²) in [6, 6.07) is 12.1. The van der Waals surface area contributed by atoms with Crippen LogP contribution in [0.4, 0.5) is 0 Å². The molecule has 20 heavy (non-hydrogen) atoms. The molecule has 0 aromatic heterocycles. The lowest BCUT2D eigenvalue weighted by molar-refractivity contribution is 0.0930. The second-order valence-corrected chi connectivity index (χ2v) is 4.93. The van der Waals surface area contributed by atoms with Gasteiger partial charge in [0.2, 0.25) is 0 Å². The van der Waals surface area contributed by atoms with Gasteiger partial charge in [0.05, 0.1) is 6.04 Å². The maximum Gasteiger partial charge on any atom is 0.252 e. The number of hydrogen-bond acceptors (Lipinski definition) is 3. The number of hydrogen-bond donors (Lipinski definition) is 2. The van der Waals surface area contributed by atoms with E-state index in [-0.39, 0.29) is 17.7 Å². The van der Waals surface area contributed by atoms with Crippen molar-refractivity contribution in [3.05, 3.63) is 59.2 Å². The van der Waals surface area contributed by atoms with Crippen molar-refractivity contribution in [3.8, 4) is 11.5 Å². The molecule has 3 rings (SSSR count). The summed E-state index contributed by atoms with van der Waals surface area (Å²) in [4.78, 5) is 12.2. The van der Waals surface area contributed by atoms with Crippen LogP contribution in [0.1, 0.15) is 27.5 Å². The third-order valence-corrected chi connectivity index (χ3v) is 3.36. The molecular formula is C16H15NO3. The Hall–Kier alpha value is -2.49. The highest BCUT2D eigenvalue weighted by Gasteiger charge is 2.25. The van der Waals surface area contributed by atoms with Gasteiger partial charge in [0.15, 0.2) is 0 Å². The van der Waals surface area contributed by atoms with Crippen molar-refractivity contribution < 1.29 is 14.6 Å². The number of aryl methyl sites for hydroxylation is 1. The van der Waals surface area contributed by atoms with Crippen molar-refractivity contribution >= 4 is 5.91 Å². The number of phenolic OH excluding ortho intramolecular Hbond substituents is 1. The number of fused-ring (bicyclic) bond motifs is 1.